The Balaban J connectivity index is 0.00000220. The van der Waals surface area contributed by atoms with E-state index >= 15 is 0 Å². The van der Waals surface area contributed by atoms with Crippen molar-refractivity contribution in [1.29, 1.82) is 0 Å². The SMILES string of the molecule is COc1cc(CN(C)CC2CCNCC2)cc(OC)c1.Cl. The molecule has 5 heteroatoms. The molecule has 1 heterocycles. The lowest BCUT2D eigenvalue weighted by molar-refractivity contribution is 0.234. The molecule has 0 unspecified atom stereocenters. The van der Waals surface area contributed by atoms with E-state index < -0.39 is 0 Å². The number of hydrogen-bond donors (Lipinski definition) is 1. The summed E-state index contributed by atoms with van der Waals surface area (Å²) in [5.74, 6) is 2.53. The van der Waals surface area contributed by atoms with Crippen molar-refractivity contribution >= 4 is 12.4 Å². The van der Waals surface area contributed by atoms with Crippen LogP contribution in [-0.4, -0.2) is 45.8 Å². The molecular weight excluding hydrogens is 288 g/mol. The molecule has 2 rings (SSSR count). The van der Waals surface area contributed by atoms with Gasteiger partial charge in [0.15, 0.2) is 0 Å². The number of rotatable bonds is 6. The summed E-state index contributed by atoms with van der Waals surface area (Å²) in [7, 11) is 5.57. The molecule has 0 bridgehead atoms. The minimum atomic E-state index is 0. The molecule has 0 aliphatic carbocycles. The predicted molar refractivity (Wildman–Crippen MR) is 88.7 cm³/mol. The molecule has 1 aromatic carbocycles. The lowest BCUT2D eigenvalue weighted by Gasteiger charge is -2.27. The van der Waals surface area contributed by atoms with Crippen LogP contribution in [0.3, 0.4) is 0 Å². The fourth-order valence-electron chi connectivity index (χ4n) is 2.84. The monoisotopic (exact) mass is 314 g/mol. The molecule has 0 saturated carbocycles. The summed E-state index contributed by atoms with van der Waals surface area (Å²) < 4.78 is 10.6. The highest BCUT2D eigenvalue weighted by atomic mass is 35.5. The molecule has 1 aliphatic heterocycles. The van der Waals surface area contributed by atoms with Gasteiger partial charge in [-0.15, -0.1) is 12.4 Å². The van der Waals surface area contributed by atoms with E-state index in [2.05, 4.69) is 29.4 Å². The maximum Gasteiger partial charge on any atom is 0.122 e. The zero-order chi connectivity index (χ0) is 14.4. The Hall–Kier alpha value is -0.970. The first kappa shape index (κ1) is 18.1. The standard InChI is InChI=1S/C16H26N2O2.ClH/c1-18(11-13-4-6-17-7-5-13)12-14-8-15(19-2)10-16(9-14)20-3;/h8-10,13,17H,4-7,11-12H2,1-3H3;1H. The van der Waals surface area contributed by atoms with Gasteiger partial charge in [-0.25, -0.2) is 0 Å². The second-order valence-corrected chi connectivity index (χ2v) is 5.61. The van der Waals surface area contributed by atoms with Crippen molar-refractivity contribution in [3.63, 3.8) is 0 Å². The zero-order valence-corrected chi connectivity index (χ0v) is 14.0. The summed E-state index contributed by atoms with van der Waals surface area (Å²) in [6.07, 6.45) is 2.57. The van der Waals surface area contributed by atoms with Gasteiger partial charge in [-0.3, -0.25) is 0 Å². The second kappa shape index (κ2) is 9.13. The van der Waals surface area contributed by atoms with Crippen LogP contribution >= 0.6 is 12.4 Å². The Morgan fingerprint density at radius 3 is 2.19 bits per heavy atom. The van der Waals surface area contributed by atoms with Crippen molar-refractivity contribution in [2.24, 2.45) is 5.92 Å². The lowest BCUT2D eigenvalue weighted by atomic mass is 9.97. The molecule has 21 heavy (non-hydrogen) atoms. The van der Waals surface area contributed by atoms with Crippen molar-refractivity contribution in [3.8, 4) is 11.5 Å². The molecular formula is C16H27ClN2O2. The number of nitrogens with one attached hydrogen (secondary N) is 1. The fourth-order valence-corrected chi connectivity index (χ4v) is 2.84. The molecule has 1 N–H and O–H groups in total. The Bertz CT molecular complexity index is 400. The van der Waals surface area contributed by atoms with Crippen LogP contribution in [0.5, 0.6) is 11.5 Å². The maximum atomic E-state index is 5.32. The minimum Gasteiger partial charge on any atom is -0.497 e. The van der Waals surface area contributed by atoms with Crippen molar-refractivity contribution in [1.82, 2.24) is 10.2 Å². The second-order valence-electron chi connectivity index (χ2n) is 5.61. The van der Waals surface area contributed by atoms with Gasteiger partial charge in [0.25, 0.3) is 0 Å². The van der Waals surface area contributed by atoms with E-state index in [-0.39, 0.29) is 12.4 Å². The van der Waals surface area contributed by atoms with Crippen LogP contribution in [0.15, 0.2) is 18.2 Å². The average Bonchev–Trinajstić information content (AvgIpc) is 2.47. The highest BCUT2D eigenvalue weighted by Gasteiger charge is 2.15. The van der Waals surface area contributed by atoms with Crippen LogP contribution in [0.1, 0.15) is 18.4 Å². The van der Waals surface area contributed by atoms with Crippen LogP contribution in [0.2, 0.25) is 0 Å². The van der Waals surface area contributed by atoms with Crippen LogP contribution in [-0.2, 0) is 6.54 Å². The topological polar surface area (TPSA) is 33.7 Å². The van der Waals surface area contributed by atoms with Gasteiger partial charge in [-0.05, 0) is 56.6 Å². The summed E-state index contributed by atoms with van der Waals surface area (Å²) in [6, 6.07) is 6.08. The normalized spacial score (nSPS) is 15.6. The molecule has 1 aromatic rings. The van der Waals surface area contributed by atoms with Crippen molar-refractivity contribution < 1.29 is 9.47 Å². The molecule has 1 fully saturated rings. The molecule has 4 nitrogen and oxygen atoms in total. The Morgan fingerprint density at radius 2 is 1.67 bits per heavy atom. The third-order valence-electron chi connectivity index (χ3n) is 3.89. The summed E-state index contributed by atoms with van der Waals surface area (Å²) in [6.45, 7) is 4.40. The smallest absolute Gasteiger partial charge is 0.122 e. The molecule has 0 atom stereocenters. The van der Waals surface area contributed by atoms with Gasteiger partial charge in [0.1, 0.15) is 11.5 Å². The number of hydrogen-bond acceptors (Lipinski definition) is 4. The number of benzene rings is 1. The van der Waals surface area contributed by atoms with E-state index in [1.54, 1.807) is 14.2 Å². The average molecular weight is 315 g/mol. The summed E-state index contributed by atoms with van der Waals surface area (Å²) in [5.41, 5.74) is 1.23. The van der Waals surface area contributed by atoms with E-state index in [0.717, 1.165) is 43.6 Å². The summed E-state index contributed by atoms with van der Waals surface area (Å²) in [4.78, 5) is 2.39. The maximum absolute atomic E-state index is 5.32. The molecule has 120 valence electrons. The quantitative estimate of drug-likeness (QED) is 0.875. The van der Waals surface area contributed by atoms with E-state index in [4.69, 9.17) is 9.47 Å². The van der Waals surface area contributed by atoms with Crippen LogP contribution in [0.4, 0.5) is 0 Å². The molecule has 1 saturated heterocycles. The van der Waals surface area contributed by atoms with Gasteiger partial charge < -0.3 is 19.7 Å². The van der Waals surface area contributed by atoms with Gasteiger partial charge in [0.2, 0.25) is 0 Å². The third-order valence-corrected chi connectivity index (χ3v) is 3.89. The van der Waals surface area contributed by atoms with Gasteiger partial charge in [-0.2, -0.15) is 0 Å². The van der Waals surface area contributed by atoms with Crippen molar-refractivity contribution in [2.75, 3.05) is 40.9 Å². The van der Waals surface area contributed by atoms with E-state index in [1.807, 2.05) is 6.07 Å². The van der Waals surface area contributed by atoms with Gasteiger partial charge in [0, 0.05) is 19.2 Å². The number of piperidine rings is 1. The fraction of sp³-hybridized carbons (Fsp3) is 0.625. The summed E-state index contributed by atoms with van der Waals surface area (Å²) >= 11 is 0. The lowest BCUT2D eigenvalue weighted by Crippen LogP contribution is -2.34. The van der Waals surface area contributed by atoms with Crippen LogP contribution < -0.4 is 14.8 Å². The third kappa shape index (κ3) is 5.73. The van der Waals surface area contributed by atoms with E-state index in [9.17, 15) is 0 Å². The number of methoxy groups -OCH3 is 2. The van der Waals surface area contributed by atoms with Gasteiger partial charge in [0.05, 0.1) is 14.2 Å². The van der Waals surface area contributed by atoms with Crippen LogP contribution in [0.25, 0.3) is 0 Å². The van der Waals surface area contributed by atoms with E-state index in [1.165, 1.54) is 18.4 Å². The van der Waals surface area contributed by atoms with Crippen molar-refractivity contribution in [3.05, 3.63) is 23.8 Å². The van der Waals surface area contributed by atoms with Crippen LogP contribution in [0, 0.1) is 5.92 Å². The number of halogens is 1. The first-order valence-corrected chi connectivity index (χ1v) is 7.32. The summed E-state index contributed by atoms with van der Waals surface area (Å²) in [5, 5.41) is 3.42. The first-order chi connectivity index (χ1) is 9.71. The first-order valence-electron chi connectivity index (χ1n) is 7.32. The number of ether oxygens (including phenoxy) is 2. The molecule has 1 aliphatic rings. The molecule has 0 amide bonds. The zero-order valence-electron chi connectivity index (χ0n) is 13.2. The molecule has 0 aromatic heterocycles. The highest BCUT2D eigenvalue weighted by Crippen LogP contribution is 2.23. The minimum absolute atomic E-state index is 0. The Morgan fingerprint density at radius 1 is 1.10 bits per heavy atom. The molecule has 0 spiro atoms. The predicted octanol–water partition coefficient (Wildman–Crippen LogP) is 2.56. The van der Waals surface area contributed by atoms with Gasteiger partial charge >= 0.3 is 0 Å². The largest absolute Gasteiger partial charge is 0.497 e. The van der Waals surface area contributed by atoms with Gasteiger partial charge in [-0.1, -0.05) is 0 Å². The number of nitrogens with zero attached hydrogens (tertiary/aromatic N) is 1. The molecule has 0 radical (unpaired) electrons. The van der Waals surface area contributed by atoms with E-state index in [0.29, 0.717) is 0 Å². The Labute approximate surface area is 134 Å². The van der Waals surface area contributed by atoms with Crippen molar-refractivity contribution in [2.45, 2.75) is 19.4 Å². The Kier molecular flexibility index (Phi) is 7.86. The highest BCUT2D eigenvalue weighted by molar-refractivity contribution is 5.85.